The molecule has 1 aromatic carbocycles. The molecule has 2 aromatic rings. The molecule has 0 atom stereocenters. The summed E-state index contributed by atoms with van der Waals surface area (Å²) in [6.07, 6.45) is 1.89. The zero-order valence-electron chi connectivity index (χ0n) is 12.1. The van der Waals surface area contributed by atoms with Crippen LogP contribution in [0, 0.1) is 18.6 Å². The highest BCUT2D eigenvalue weighted by Gasteiger charge is 2.23. The molecular formula is C16H17F2N3. The summed E-state index contributed by atoms with van der Waals surface area (Å²) in [4.78, 5) is 5.93. The summed E-state index contributed by atoms with van der Waals surface area (Å²) < 4.78 is 27.7. The minimum Gasteiger partial charge on any atom is -0.371 e. The van der Waals surface area contributed by atoms with Gasteiger partial charge in [0.15, 0.2) is 23.3 Å². The Labute approximate surface area is 122 Å². The van der Waals surface area contributed by atoms with Crippen LogP contribution < -0.4 is 10.2 Å². The molecule has 0 saturated carbocycles. The second kappa shape index (κ2) is 5.31. The average Bonchev–Trinajstić information content (AvgIpc) is 2.46. The first-order valence-electron chi connectivity index (χ1n) is 7.01. The molecule has 1 aromatic heterocycles. The lowest BCUT2D eigenvalue weighted by Crippen LogP contribution is -2.26. The lowest BCUT2D eigenvalue weighted by molar-refractivity contribution is 0.572. The average molecular weight is 289 g/mol. The maximum absolute atomic E-state index is 14.2. The fraction of sp³-hybridized carbons (Fsp3) is 0.312. The lowest BCUT2D eigenvalue weighted by atomic mass is 9.99. The number of fused-ring (bicyclic) bond motifs is 1. The number of pyridine rings is 1. The van der Waals surface area contributed by atoms with E-state index < -0.39 is 11.6 Å². The van der Waals surface area contributed by atoms with Crippen LogP contribution in [-0.2, 0) is 6.42 Å². The van der Waals surface area contributed by atoms with Crippen LogP contribution in [-0.4, -0.2) is 18.6 Å². The van der Waals surface area contributed by atoms with Crippen molar-refractivity contribution in [2.45, 2.75) is 19.8 Å². The molecule has 5 heteroatoms. The predicted octanol–water partition coefficient (Wildman–Crippen LogP) is 3.79. The van der Waals surface area contributed by atoms with Crippen molar-refractivity contribution in [1.29, 1.82) is 0 Å². The summed E-state index contributed by atoms with van der Waals surface area (Å²) in [5.74, 6) is -1.09. The van der Waals surface area contributed by atoms with Gasteiger partial charge in [0.1, 0.15) is 0 Å². The third-order valence-corrected chi connectivity index (χ3v) is 3.76. The maximum Gasteiger partial charge on any atom is 0.171 e. The molecule has 0 unspecified atom stereocenters. The van der Waals surface area contributed by atoms with Crippen LogP contribution in [0.3, 0.4) is 0 Å². The molecule has 110 valence electrons. The molecule has 1 aliphatic heterocycles. The van der Waals surface area contributed by atoms with E-state index in [1.54, 1.807) is 7.05 Å². The third kappa shape index (κ3) is 2.44. The van der Waals surface area contributed by atoms with Gasteiger partial charge in [-0.05, 0) is 31.4 Å². The van der Waals surface area contributed by atoms with Gasteiger partial charge in [-0.25, -0.2) is 13.8 Å². The van der Waals surface area contributed by atoms with Crippen molar-refractivity contribution in [3.8, 4) is 0 Å². The number of nitrogens with zero attached hydrogens (tertiary/aromatic N) is 2. The van der Waals surface area contributed by atoms with Crippen molar-refractivity contribution < 1.29 is 8.78 Å². The second-order valence-electron chi connectivity index (χ2n) is 5.26. The van der Waals surface area contributed by atoms with Gasteiger partial charge in [0.25, 0.3) is 0 Å². The Morgan fingerprint density at radius 2 is 2.00 bits per heavy atom. The van der Waals surface area contributed by atoms with Crippen molar-refractivity contribution in [3.05, 3.63) is 47.0 Å². The summed E-state index contributed by atoms with van der Waals surface area (Å²) in [5.41, 5.74) is 3.31. The van der Waals surface area contributed by atoms with E-state index in [0.717, 1.165) is 24.6 Å². The standard InChI is InChI=1S/C16H17F2N3/c1-10-5-6-14-11(8-10)4-3-7-21(14)16-13(18)9-12(17)15(19-2)20-16/h5-6,8-9H,3-4,7H2,1-2H3,(H,19,20). The number of nitrogens with one attached hydrogen (secondary N) is 1. The SMILES string of the molecule is CNc1nc(N2CCCc3cc(C)ccc32)c(F)cc1F. The Kier molecular flexibility index (Phi) is 3.49. The van der Waals surface area contributed by atoms with E-state index in [1.165, 1.54) is 11.1 Å². The maximum atomic E-state index is 14.2. The Hall–Kier alpha value is -2.17. The van der Waals surface area contributed by atoms with Gasteiger partial charge < -0.3 is 10.2 Å². The van der Waals surface area contributed by atoms with Crippen molar-refractivity contribution >= 4 is 17.3 Å². The van der Waals surface area contributed by atoms with Crippen LogP contribution >= 0.6 is 0 Å². The van der Waals surface area contributed by atoms with Gasteiger partial charge in [0, 0.05) is 25.3 Å². The summed E-state index contributed by atoms with van der Waals surface area (Å²) in [6, 6.07) is 6.98. The number of aryl methyl sites for hydroxylation is 2. The minimum absolute atomic E-state index is 0.0608. The zero-order chi connectivity index (χ0) is 15.0. The Morgan fingerprint density at radius 3 is 2.76 bits per heavy atom. The molecule has 21 heavy (non-hydrogen) atoms. The van der Waals surface area contributed by atoms with Crippen LogP contribution in [0.4, 0.5) is 26.1 Å². The fourth-order valence-electron chi connectivity index (χ4n) is 2.77. The van der Waals surface area contributed by atoms with E-state index in [9.17, 15) is 8.78 Å². The first-order valence-corrected chi connectivity index (χ1v) is 7.01. The van der Waals surface area contributed by atoms with Crippen LogP contribution in [0.25, 0.3) is 0 Å². The molecule has 2 heterocycles. The first-order chi connectivity index (χ1) is 10.1. The summed E-state index contributed by atoms with van der Waals surface area (Å²) in [5, 5.41) is 2.66. The minimum atomic E-state index is -0.681. The molecule has 3 nitrogen and oxygen atoms in total. The number of aromatic nitrogens is 1. The van der Waals surface area contributed by atoms with Crippen LogP contribution in [0.15, 0.2) is 24.3 Å². The van der Waals surface area contributed by atoms with E-state index in [2.05, 4.69) is 16.4 Å². The molecule has 1 N–H and O–H groups in total. The number of anilines is 3. The molecule has 3 rings (SSSR count). The number of hydrogen-bond donors (Lipinski definition) is 1. The molecular weight excluding hydrogens is 272 g/mol. The molecule has 0 radical (unpaired) electrons. The van der Waals surface area contributed by atoms with Gasteiger partial charge in [-0.3, -0.25) is 0 Å². The van der Waals surface area contributed by atoms with Gasteiger partial charge in [-0.1, -0.05) is 17.7 Å². The Morgan fingerprint density at radius 1 is 1.19 bits per heavy atom. The largest absolute Gasteiger partial charge is 0.371 e. The van der Waals surface area contributed by atoms with Crippen molar-refractivity contribution in [2.24, 2.45) is 0 Å². The molecule has 0 bridgehead atoms. The van der Waals surface area contributed by atoms with E-state index in [1.807, 2.05) is 24.0 Å². The van der Waals surface area contributed by atoms with Gasteiger partial charge in [0.2, 0.25) is 0 Å². The summed E-state index contributed by atoms with van der Waals surface area (Å²) in [6.45, 7) is 2.71. The van der Waals surface area contributed by atoms with Gasteiger partial charge in [-0.15, -0.1) is 0 Å². The van der Waals surface area contributed by atoms with Crippen LogP contribution in [0.2, 0.25) is 0 Å². The highest BCUT2D eigenvalue weighted by atomic mass is 19.1. The van der Waals surface area contributed by atoms with Crippen molar-refractivity contribution in [1.82, 2.24) is 4.98 Å². The fourth-order valence-corrected chi connectivity index (χ4v) is 2.77. The molecule has 0 aliphatic carbocycles. The highest BCUT2D eigenvalue weighted by molar-refractivity contribution is 5.67. The van der Waals surface area contributed by atoms with Crippen LogP contribution in [0.5, 0.6) is 0 Å². The monoisotopic (exact) mass is 289 g/mol. The van der Waals surface area contributed by atoms with Crippen LogP contribution in [0.1, 0.15) is 17.5 Å². The Balaban J connectivity index is 2.10. The normalized spacial score (nSPS) is 14.0. The second-order valence-corrected chi connectivity index (χ2v) is 5.26. The number of hydrogen-bond acceptors (Lipinski definition) is 3. The van der Waals surface area contributed by atoms with Crippen molar-refractivity contribution in [3.63, 3.8) is 0 Å². The Bertz CT molecular complexity index is 685. The van der Waals surface area contributed by atoms with E-state index in [0.29, 0.717) is 6.54 Å². The van der Waals surface area contributed by atoms with Gasteiger partial charge in [0.05, 0.1) is 0 Å². The van der Waals surface area contributed by atoms with Gasteiger partial charge >= 0.3 is 0 Å². The van der Waals surface area contributed by atoms with Gasteiger partial charge in [-0.2, -0.15) is 0 Å². The number of halogens is 2. The van der Waals surface area contributed by atoms with E-state index in [-0.39, 0.29) is 11.6 Å². The molecule has 0 saturated heterocycles. The van der Waals surface area contributed by atoms with E-state index >= 15 is 0 Å². The summed E-state index contributed by atoms with van der Waals surface area (Å²) >= 11 is 0. The van der Waals surface area contributed by atoms with E-state index in [4.69, 9.17) is 0 Å². The molecule has 0 amide bonds. The quantitative estimate of drug-likeness (QED) is 0.911. The topological polar surface area (TPSA) is 28.2 Å². The van der Waals surface area contributed by atoms with Crippen molar-refractivity contribution in [2.75, 3.05) is 23.8 Å². The number of benzene rings is 1. The highest BCUT2D eigenvalue weighted by Crippen LogP contribution is 2.35. The smallest absolute Gasteiger partial charge is 0.171 e. The molecule has 1 aliphatic rings. The molecule has 0 spiro atoms. The number of rotatable bonds is 2. The first kappa shape index (κ1) is 13.8. The lowest BCUT2D eigenvalue weighted by Gasteiger charge is -2.31. The zero-order valence-corrected chi connectivity index (χ0v) is 12.1. The predicted molar refractivity (Wildman–Crippen MR) is 80.2 cm³/mol. The molecule has 0 fully saturated rings. The summed E-state index contributed by atoms with van der Waals surface area (Å²) in [7, 11) is 1.57. The third-order valence-electron chi connectivity index (χ3n) is 3.76.